The first-order chi connectivity index (χ1) is 9.70. The molecule has 1 aromatic carbocycles. The van der Waals surface area contributed by atoms with Crippen molar-refractivity contribution < 1.29 is 4.74 Å². The van der Waals surface area contributed by atoms with E-state index < -0.39 is 0 Å². The maximum atomic E-state index is 5.93. The van der Waals surface area contributed by atoms with E-state index in [9.17, 15) is 0 Å². The van der Waals surface area contributed by atoms with E-state index in [0.29, 0.717) is 0 Å². The van der Waals surface area contributed by atoms with Crippen LogP contribution in [-0.2, 0) is 6.54 Å². The summed E-state index contributed by atoms with van der Waals surface area (Å²) in [6, 6.07) is 8.99. The van der Waals surface area contributed by atoms with Crippen LogP contribution in [0.1, 0.15) is 24.0 Å². The second-order valence-electron chi connectivity index (χ2n) is 5.20. The smallest absolute Gasteiger partial charge is 0.146 e. The van der Waals surface area contributed by atoms with Crippen molar-refractivity contribution in [3.05, 3.63) is 52.3 Å². The third kappa shape index (κ3) is 3.58. The van der Waals surface area contributed by atoms with Gasteiger partial charge in [0.15, 0.2) is 0 Å². The number of nitrogens with one attached hydrogen (secondary N) is 1. The summed E-state index contributed by atoms with van der Waals surface area (Å²) in [4.78, 5) is 4.12. The monoisotopic (exact) mass is 332 g/mol. The molecule has 0 amide bonds. The molecular formula is C16H17BrN2O. The molecule has 0 radical (unpaired) electrons. The molecule has 1 aliphatic carbocycles. The van der Waals surface area contributed by atoms with Crippen LogP contribution >= 0.6 is 15.9 Å². The van der Waals surface area contributed by atoms with Crippen molar-refractivity contribution in [3.63, 3.8) is 0 Å². The summed E-state index contributed by atoms with van der Waals surface area (Å²) in [5.41, 5.74) is 2.38. The molecule has 0 saturated heterocycles. The van der Waals surface area contributed by atoms with E-state index in [1.807, 2.05) is 6.07 Å². The summed E-state index contributed by atoms with van der Waals surface area (Å²) in [6.45, 7) is 2.96. The minimum Gasteiger partial charge on any atom is -0.455 e. The number of aryl methyl sites for hydroxylation is 1. The number of pyridine rings is 1. The van der Waals surface area contributed by atoms with E-state index in [1.54, 1.807) is 12.4 Å². The average molecular weight is 333 g/mol. The van der Waals surface area contributed by atoms with E-state index in [4.69, 9.17) is 4.74 Å². The lowest BCUT2D eigenvalue weighted by molar-refractivity contribution is 0.475. The van der Waals surface area contributed by atoms with Crippen molar-refractivity contribution in [2.45, 2.75) is 32.4 Å². The first-order valence-corrected chi connectivity index (χ1v) is 7.61. The molecule has 104 valence electrons. The van der Waals surface area contributed by atoms with Gasteiger partial charge in [-0.3, -0.25) is 4.98 Å². The minimum absolute atomic E-state index is 0.718. The number of ether oxygens (including phenoxy) is 1. The number of aromatic nitrogens is 1. The summed E-state index contributed by atoms with van der Waals surface area (Å²) in [5, 5.41) is 3.52. The highest BCUT2D eigenvalue weighted by molar-refractivity contribution is 9.10. The van der Waals surface area contributed by atoms with E-state index in [2.05, 4.69) is 51.4 Å². The molecule has 1 saturated carbocycles. The molecule has 1 aliphatic rings. The predicted molar refractivity (Wildman–Crippen MR) is 83.1 cm³/mol. The Labute approximate surface area is 127 Å². The summed E-state index contributed by atoms with van der Waals surface area (Å²) in [7, 11) is 0. The number of rotatable bonds is 5. The zero-order valence-corrected chi connectivity index (χ0v) is 13.0. The molecule has 1 N–H and O–H groups in total. The maximum absolute atomic E-state index is 5.93. The fraction of sp³-hybridized carbons (Fsp3) is 0.312. The minimum atomic E-state index is 0.718. The van der Waals surface area contributed by atoms with Crippen molar-refractivity contribution in [2.24, 2.45) is 0 Å². The number of halogens is 1. The lowest BCUT2D eigenvalue weighted by atomic mass is 10.1. The average Bonchev–Trinajstić information content (AvgIpc) is 3.24. The number of hydrogen-bond acceptors (Lipinski definition) is 3. The van der Waals surface area contributed by atoms with Crippen LogP contribution in [0.4, 0.5) is 0 Å². The number of benzene rings is 1. The largest absolute Gasteiger partial charge is 0.455 e. The Balaban J connectivity index is 1.75. The number of nitrogens with zero attached hydrogens (tertiary/aromatic N) is 1. The summed E-state index contributed by atoms with van der Waals surface area (Å²) in [6.07, 6.45) is 6.08. The van der Waals surface area contributed by atoms with Crippen LogP contribution in [0.15, 0.2) is 41.1 Å². The van der Waals surface area contributed by atoms with E-state index in [1.165, 1.54) is 18.4 Å². The zero-order valence-electron chi connectivity index (χ0n) is 11.4. The summed E-state index contributed by atoms with van der Waals surface area (Å²) in [5.74, 6) is 1.63. The van der Waals surface area contributed by atoms with Gasteiger partial charge in [-0.15, -0.1) is 0 Å². The van der Waals surface area contributed by atoms with Crippen LogP contribution in [-0.4, -0.2) is 11.0 Å². The Hall–Kier alpha value is -1.39. The van der Waals surface area contributed by atoms with Crippen LogP contribution in [0, 0.1) is 6.92 Å². The van der Waals surface area contributed by atoms with Gasteiger partial charge in [0, 0.05) is 23.3 Å². The molecule has 1 aromatic heterocycles. The van der Waals surface area contributed by atoms with Gasteiger partial charge in [-0.1, -0.05) is 12.1 Å². The molecule has 1 heterocycles. The van der Waals surface area contributed by atoms with Gasteiger partial charge < -0.3 is 10.1 Å². The lowest BCUT2D eigenvalue weighted by Gasteiger charge is -2.11. The SMILES string of the molecule is Cc1ccc(CNC2CC2)cc1Oc1cncc(Br)c1. The van der Waals surface area contributed by atoms with Gasteiger partial charge in [0.05, 0.1) is 6.20 Å². The molecule has 0 atom stereocenters. The van der Waals surface area contributed by atoms with Gasteiger partial charge >= 0.3 is 0 Å². The highest BCUT2D eigenvalue weighted by atomic mass is 79.9. The van der Waals surface area contributed by atoms with Crippen LogP contribution in [0.2, 0.25) is 0 Å². The lowest BCUT2D eigenvalue weighted by Crippen LogP contribution is -2.15. The molecule has 3 rings (SSSR count). The Kier molecular flexibility index (Phi) is 4.03. The Morgan fingerprint density at radius 1 is 1.30 bits per heavy atom. The molecule has 3 nitrogen and oxygen atoms in total. The van der Waals surface area contributed by atoms with Crippen LogP contribution in [0.3, 0.4) is 0 Å². The second-order valence-corrected chi connectivity index (χ2v) is 6.11. The predicted octanol–water partition coefficient (Wildman–Crippen LogP) is 4.20. The standard InChI is InChI=1S/C16H17BrN2O/c1-11-2-3-12(8-19-14-4-5-14)6-16(11)20-15-7-13(17)9-18-10-15/h2-3,6-7,9-10,14,19H,4-5,8H2,1H3. The van der Waals surface area contributed by atoms with Crippen molar-refractivity contribution >= 4 is 15.9 Å². The van der Waals surface area contributed by atoms with Gasteiger partial charge in [-0.2, -0.15) is 0 Å². The van der Waals surface area contributed by atoms with Crippen molar-refractivity contribution in [2.75, 3.05) is 0 Å². The van der Waals surface area contributed by atoms with Crippen LogP contribution < -0.4 is 10.1 Å². The Bertz CT molecular complexity index is 611. The molecule has 0 spiro atoms. The number of hydrogen-bond donors (Lipinski definition) is 1. The molecule has 1 fully saturated rings. The Morgan fingerprint density at radius 3 is 2.90 bits per heavy atom. The highest BCUT2D eigenvalue weighted by Gasteiger charge is 2.20. The van der Waals surface area contributed by atoms with E-state index >= 15 is 0 Å². The first-order valence-electron chi connectivity index (χ1n) is 6.82. The second kappa shape index (κ2) is 5.94. The first kappa shape index (κ1) is 13.6. The van der Waals surface area contributed by atoms with Crippen LogP contribution in [0.25, 0.3) is 0 Å². The van der Waals surface area contributed by atoms with E-state index in [0.717, 1.165) is 34.1 Å². The molecular weight excluding hydrogens is 316 g/mol. The molecule has 0 unspecified atom stereocenters. The van der Waals surface area contributed by atoms with Crippen LogP contribution in [0.5, 0.6) is 11.5 Å². The molecule has 0 bridgehead atoms. The van der Waals surface area contributed by atoms with Crippen molar-refractivity contribution in [1.82, 2.24) is 10.3 Å². The normalized spacial score (nSPS) is 14.3. The maximum Gasteiger partial charge on any atom is 0.146 e. The third-order valence-corrected chi connectivity index (χ3v) is 3.77. The third-order valence-electron chi connectivity index (χ3n) is 3.33. The van der Waals surface area contributed by atoms with Gasteiger partial charge in [0.25, 0.3) is 0 Å². The van der Waals surface area contributed by atoms with Gasteiger partial charge in [-0.25, -0.2) is 0 Å². The van der Waals surface area contributed by atoms with Crippen molar-refractivity contribution in [1.29, 1.82) is 0 Å². The fourth-order valence-electron chi connectivity index (χ4n) is 1.99. The quantitative estimate of drug-likeness (QED) is 0.891. The van der Waals surface area contributed by atoms with E-state index in [-0.39, 0.29) is 0 Å². The molecule has 4 heteroatoms. The zero-order chi connectivity index (χ0) is 13.9. The van der Waals surface area contributed by atoms with Gasteiger partial charge in [0.2, 0.25) is 0 Å². The highest BCUT2D eigenvalue weighted by Crippen LogP contribution is 2.27. The molecule has 0 aliphatic heterocycles. The molecule has 20 heavy (non-hydrogen) atoms. The van der Waals surface area contributed by atoms with Gasteiger partial charge in [-0.05, 0) is 59.0 Å². The topological polar surface area (TPSA) is 34.1 Å². The summed E-state index contributed by atoms with van der Waals surface area (Å²) < 4.78 is 6.85. The molecule has 2 aromatic rings. The fourth-order valence-corrected chi connectivity index (χ4v) is 2.33. The Morgan fingerprint density at radius 2 is 2.15 bits per heavy atom. The van der Waals surface area contributed by atoms with Gasteiger partial charge in [0.1, 0.15) is 11.5 Å². The summed E-state index contributed by atoms with van der Waals surface area (Å²) >= 11 is 3.40. The van der Waals surface area contributed by atoms with Crippen molar-refractivity contribution in [3.8, 4) is 11.5 Å².